The van der Waals surface area contributed by atoms with E-state index >= 15 is 0 Å². The summed E-state index contributed by atoms with van der Waals surface area (Å²) in [5.41, 5.74) is 41.2. The first-order valence-corrected chi connectivity index (χ1v) is 48.5. The number of para-hydroxylation sites is 8. The first kappa shape index (κ1) is 88.2. The van der Waals surface area contributed by atoms with Crippen molar-refractivity contribution in [1.29, 1.82) is 0 Å². The van der Waals surface area contributed by atoms with Crippen LogP contribution in [0.15, 0.2) is 485 Å². The van der Waals surface area contributed by atoms with Crippen molar-refractivity contribution >= 4 is 87.2 Å². The average Bonchev–Trinajstić information content (AvgIpc) is 1.61. The van der Waals surface area contributed by atoms with E-state index < -0.39 is 0 Å². The van der Waals surface area contributed by atoms with Crippen molar-refractivity contribution in [2.75, 3.05) is 0 Å². The van der Waals surface area contributed by atoms with Gasteiger partial charge in [-0.25, -0.2) is 0 Å². The SMILES string of the molecule is CC(C)(C)c1ccc(Cc2ccc(-c3ccc4c(c3)c3ccccc3n4-c3ccccc3)cc2)cc1.CC(C)(C)c1cccc(Cc2ccc(-c3ccc4c(c3)c3ccccc3n4-c3ccccc3)cc2)c1.Cc1ccc(Cc2ccc(-c3ccc4c(c3)c3ccccc3n4-c3ccccc3)cc2)cc1.Cc1cccc(Cc2ccc(-c3ccc4c(c3)c3ccccc3n4-c3ccccc3)cc2)c1. The highest BCUT2D eigenvalue weighted by Crippen LogP contribution is 2.42. The van der Waals surface area contributed by atoms with Crippen LogP contribution in [-0.4, -0.2) is 18.3 Å². The Bertz CT molecular complexity index is 8430. The van der Waals surface area contributed by atoms with Crippen molar-refractivity contribution in [3.63, 3.8) is 0 Å². The van der Waals surface area contributed by atoms with Gasteiger partial charge in [0.05, 0.1) is 44.1 Å². The molecule has 4 nitrogen and oxygen atoms in total. The van der Waals surface area contributed by atoms with E-state index in [0.717, 1.165) is 25.7 Å². The number of benzene rings is 20. The van der Waals surface area contributed by atoms with E-state index in [1.807, 2.05) is 0 Å². The molecule has 0 bridgehead atoms. The Morgan fingerprint density at radius 2 is 0.384 bits per heavy atom. The topological polar surface area (TPSA) is 19.7 Å². The fraction of sp³-hybridized carbons (Fsp3) is 0.104. The first-order chi connectivity index (χ1) is 67.5. The van der Waals surface area contributed by atoms with Crippen molar-refractivity contribution < 1.29 is 0 Å². The summed E-state index contributed by atoms with van der Waals surface area (Å²) in [6, 6.07) is 177. The summed E-state index contributed by atoms with van der Waals surface area (Å²) in [5.74, 6) is 0. The molecule has 0 N–H and O–H groups in total. The minimum Gasteiger partial charge on any atom is -0.309 e. The first-order valence-electron chi connectivity index (χ1n) is 48.5. The van der Waals surface area contributed by atoms with Crippen molar-refractivity contribution in [3.05, 3.63) is 552 Å². The van der Waals surface area contributed by atoms with Gasteiger partial charge in [-0.3, -0.25) is 0 Å². The van der Waals surface area contributed by atoms with Gasteiger partial charge in [0.2, 0.25) is 0 Å². The molecule has 0 atom stereocenters. The Labute approximate surface area is 811 Å². The molecule has 4 aromatic heterocycles. The largest absolute Gasteiger partial charge is 0.309 e. The molecule has 0 aliphatic heterocycles. The predicted octanol–water partition coefficient (Wildman–Crippen LogP) is 35.4. The molecule has 0 spiro atoms. The molecule has 0 amide bonds. The molecule has 4 heteroatoms. The number of hydrogen-bond donors (Lipinski definition) is 0. The lowest BCUT2D eigenvalue weighted by Crippen LogP contribution is -2.11. The number of fused-ring (bicyclic) bond motifs is 12. The van der Waals surface area contributed by atoms with Gasteiger partial charge in [0.15, 0.2) is 0 Å². The van der Waals surface area contributed by atoms with E-state index in [2.05, 4.69) is 559 Å². The Kier molecular flexibility index (Phi) is 24.6. The van der Waals surface area contributed by atoms with Crippen LogP contribution in [0, 0.1) is 13.8 Å². The zero-order chi connectivity index (χ0) is 93.8. The molecule has 0 fully saturated rings. The fourth-order valence-electron chi connectivity index (χ4n) is 20.0. The summed E-state index contributed by atoms with van der Waals surface area (Å²) >= 11 is 0. The van der Waals surface area contributed by atoms with Gasteiger partial charge in [-0.1, -0.05) is 417 Å². The molecule has 668 valence electrons. The van der Waals surface area contributed by atoms with E-state index in [9.17, 15) is 0 Å². The van der Waals surface area contributed by atoms with Gasteiger partial charge in [0, 0.05) is 65.8 Å². The minimum absolute atomic E-state index is 0.169. The summed E-state index contributed by atoms with van der Waals surface area (Å²) in [4.78, 5) is 0. The standard InChI is InChI=1S/2C35H31N.2C32H25N/c1-35(2,3)29-11-9-10-26(23-29)22-25-16-18-27(19-17-25)28-20-21-34-32(24-28)31-14-7-8-15-33(31)36(34)30-12-5-4-6-13-30;1-35(2,3)29-20-15-26(16-21-29)23-25-13-17-27(18-14-25)28-19-22-34-32(24-28)31-11-7-8-12-33(31)36(34)30-9-5-4-6-10-30;1-23-8-7-9-25(20-23)21-24-14-16-26(17-15-24)27-18-19-32-30(22-27)29-12-5-6-13-31(29)33(32)28-10-3-2-4-11-28;1-23-11-13-24(14-12-23)21-25-15-17-26(18-16-25)27-19-20-32-30(22-27)29-9-5-6-10-31(29)33(32)28-7-3-2-4-8-28/h4-21,23-24H,22H2,1-3H3;4-22,24H,23H2,1-3H3;2*2-20,22H,21H2,1H3. The molecule has 4 heterocycles. The predicted molar refractivity (Wildman–Crippen MR) is 589 cm³/mol. The Hall–Kier alpha value is -16.4. The summed E-state index contributed by atoms with van der Waals surface area (Å²) in [7, 11) is 0. The quantitative estimate of drug-likeness (QED) is 0.0919. The molecule has 0 aliphatic carbocycles. The maximum atomic E-state index is 2.36. The third kappa shape index (κ3) is 18.7. The normalized spacial score (nSPS) is 11.6. The molecule has 0 unspecified atom stereocenters. The highest BCUT2D eigenvalue weighted by atomic mass is 15.0. The molecule has 138 heavy (non-hydrogen) atoms. The van der Waals surface area contributed by atoms with Crippen molar-refractivity contribution in [2.24, 2.45) is 0 Å². The molecule has 0 radical (unpaired) electrons. The molecular weight excluding hydrogens is 1670 g/mol. The maximum Gasteiger partial charge on any atom is 0.0541 e. The molecule has 0 aliphatic rings. The highest BCUT2D eigenvalue weighted by Gasteiger charge is 2.21. The van der Waals surface area contributed by atoms with E-state index in [-0.39, 0.29) is 10.8 Å². The maximum absolute atomic E-state index is 2.36. The summed E-state index contributed by atoms with van der Waals surface area (Å²) < 4.78 is 9.45. The second kappa shape index (κ2) is 38.5. The van der Waals surface area contributed by atoms with Gasteiger partial charge in [-0.05, 0) is 272 Å². The lowest BCUT2D eigenvalue weighted by Gasteiger charge is -2.19. The molecule has 0 saturated heterocycles. The van der Waals surface area contributed by atoms with Crippen molar-refractivity contribution in [1.82, 2.24) is 18.3 Å². The Balaban J connectivity index is 0.000000110. The van der Waals surface area contributed by atoms with E-state index in [0.29, 0.717) is 0 Å². The van der Waals surface area contributed by atoms with E-state index in [1.165, 1.54) is 221 Å². The zero-order valence-corrected chi connectivity index (χ0v) is 79.8. The molecule has 24 rings (SSSR count). The van der Waals surface area contributed by atoms with Crippen LogP contribution in [0.5, 0.6) is 0 Å². The van der Waals surface area contributed by atoms with Crippen LogP contribution in [0.25, 0.3) is 154 Å². The van der Waals surface area contributed by atoms with Crippen LogP contribution in [-0.2, 0) is 36.5 Å². The summed E-state index contributed by atoms with van der Waals surface area (Å²) in [5, 5.41) is 10.3. The lowest BCUT2D eigenvalue weighted by atomic mass is 9.85. The molecule has 0 saturated carbocycles. The number of hydrogen-bond acceptors (Lipinski definition) is 0. The van der Waals surface area contributed by atoms with E-state index in [4.69, 9.17) is 0 Å². The number of aryl methyl sites for hydroxylation is 2. The van der Waals surface area contributed by atoms with Crippen molar-refractivity contribution in [2.45, 2.75) is 91.9 Å². The Morgan fingerprint density at radius 1 is 0.152 bits per heavy atom. The molecule has 24 aromatic rings. The highest BCUT2D eigenvalue weighted by molar-refractivity contribution is 6.14. The van der Waals surface area contributed by atoms with Gasteiger partial charge in [-0.15, -0.1) is 0 Å². The third-order valence-electron chi connectivity index (χ3n) is 27.3. The fourth-order valence-corrected chi connectivity index (χ4v) is 20.0. The second-order valence-corrected chi connectivity index (χ2v) is 39.0. The lowest BCUT2D eigenvalue weighted by molar-refractivity contribution is 0.589. The minimum atomic E-state index is 0.169. The van der Waals surface area contributed by atoms with Crippen LogP contribution in [0.3, 0.4) is 0 Å². The molecule has 20 aromatic carbocycles. The van der Waals surface area contributed by atoms with Gasteiger partial charge >= 0.3 is 0 Å². The van der Waals surface area contributed by atoms with Crippen LogP contribution < -0.4 is 0 Å². The van der Waals surface area contributed by atoms with Gasteiger partial charge in [0.1, 0.15) is 0 Å². The van der Waals surface area contributed by atoms with Gasteiger partial charge in [-0.2, -0.15) is 0 Å². The second-order valence-electron chi connectivity index (χ2n) is 39.0. The number of nitrogens with zero attached hydrogens (tertiary/aromatic N) is 4. The summed E-state index contributed by atoms with van der Waals surface area (Å²) in [6.45, 7) is 17.9. The monoisotopic (exact) mass is 1780 g/mol. The zero-order valence-electron chi connectivity index (χ0n) is 79.8. The van der Waals surface area contributed by atoms with Crippen LogP contribution in [0.2, 0.25) is 0 Å². The third-order valence-corrected chi connectivity index (χ3v) is 27.3. The van der Waals surface area contributed by atoms with Crippen molar-refractivity contribution in [3.8, 4) is 67.3 Å². The summed E-state index contributed by atoms with van der Waals surface area (Å²) in [6.07, 6.45) is 3.83. The molecular formula is C134H112N4. The van der Waals surface area contributed by atoms with Crippen LogP contribution in [0.1, 0.15) is 108 Å². The Morgan fingerprint density at radius 3 is 0.667 bits per heavy atom. The van der Waals surface area contributed by atoms with Crippen LogP contribution in [0.4, 0.5) is 0 Å². The van der Waals surface area contributed by atoms with Gasteiger partial charge < -0.3 is 18.3 Å². The number of aromatic nitrogens is 4. The van der Waals surface area contributed by atoms with E-state index in [1.54, 1.807) is 0 Å². The van der Waals surface area contributed by atoms with Crippen LogP contribution >= 0.6 is 0 Å². The average molecular weight is 1780 g/mol. The number of rotatable bonds is 16. The van der Waals surface area contributed by atoms with Gasteiger partial charge in [0.25, 0.3) is 0 Å². The smallest absolute Gasteiger partial charge is 0.0541 e.